The minimum Gasteiger partial charge on any atom is -0.379 e. The maximum Gasteiger partial charge on any atom is 0.263 e. The number of ether oxygens (including phenoxy) is 3. The number of rotatable bonds is 25. The SMILES string of the molecule is CC(=O)c1c(C)c2cnc(Nc3ccc(N4CCN(C(=O)CCOCCOCCOCCC(=O)N(C)C(C)C(=O)NC(C(=O)N5CCC[C@H]5c5nc(C(=O)c6ccc(F)cc6)cs5)C5CCCCC5)CC4)cn3)nc2n(C2CCCC2)c1=O. The normalized spacial score (nSPS) is 17.7. The molecule has 2 saturated heterocycles. The lowest BCUT2D eigenvalue weighted by Gasteiger charge is -2.36. The van der Waals surface area contributed by atoms with Crippen molar-refractivity contribution in [2.75, 3.05) is 89.6 Å². The summed E-state index contributed by atoms with van der Waals surface area (Å²) in [7, 11) is 1.57. The summed E-state index contributed by atoms with van der Waals surface area (Å²) in [5.41, 5.74) is 2.47. The summed E-state index contributed by atoms with van der Waals surface area (Å²) in [5, 5.41) is 9.22. The van der Waals surface area contributed by atoms with Crippen molar-refractivity contribution in [3.05, 3.63) is 97.7 Å². The second-order valence-corrected chi connectivity index (χ2v) is 22.9. The van der Waals surface area contributed by atoms with Gasteiger partial charge in [0, 0.05) is 68.3 Å². The second-order valence-electron chi connectivity index (χ2n) is 22.0. The molecule has 4 amide bonds. The summed E-state index contributed by atoms with van der Waals surface area (Å²) < 4.78 is 32.2. The number of aryl methyl sites for hydroxylation is 1. The number of nitrogens with one attached hydrogen (secondary N) is 2. The molecule has 83 heavy (non-hydrogen) atoms. The van der Waals surface area contributed by atoms with Gasteiger partial charge in [0.05, 0.1) is 76.0 Å². The monoisotopic (exact) mass is 1160 g/mol. The van der Waals surface area contributed by atoms with Crippen molar-refractivity contribution in [1.82, 2.24) is 44.5 Å². The molecule has 2 unspecified atom stereocenters. The van der Waals surface area contributed by atoms with Crippen molar-refractivity contribution in [2.24, 2.45) is 5.92 Å². The lowest BCUT2D eigenvalue weighted by atomic mass is 9.83. The van der Waals surface area contributed by atoms with Crippen LogP contribution in [0.5, 0.6) is 0 Å². The van der Waals surface area contributed by atoms with E-state index in [9.17, 15) is 38.0 Å². The van der Waals surface area contributed by atoms with E-state index < -0.39 is 23.8 Å². The zero-order valence-electron chi connectivity index (χ0n) is 47.9. The van der Waals surface area contributed by atoms with Crippen LogP contribution < -0.4 is 21.1 Å². The number of likely N-dealkylation sites (N-methyl/N-ethyl adjacent to an activating group) is 1. The molecule has 21 nitrogen and oxygen atoms in total. The van der Waals surface area contributed by atoms with Gasteiger partial charge in [0.2, 0.25) is 35.4 Å². The van der Waals surface area contributed by atoms with Gasteiger partial charge in [0.15, 0.2) is 5.78 Å². The van der Waals surface area contributed by atoms with E-state index in [-0.39, 0.29) is 103 Å². The Morgan fingerprint density at radius 1 is 0.783 bits per heavy atom. The number of carbonyl (C=O) groups is 6. The van der Waals surface area contributed by atoms with Crippen LogP contribution in [-0.4, -0.2) is 166 Å². The number of Topliss-reactive ketones (excluding diaryl/α,β-unsaturated/α-hetero) is 1. The Bertz CT molecular complexity index is 3160. The van der Waals surface area contributed by atoms with Crippen molar-refractivity contribution in [1.29, 1.82) is 0 Å². The van der Waals surface area contributed by atoms with Crippen LogP contribution in [0.4, 0.5) is 21.8 Å². The number of ketones is 2. The van der Waals surface area contributed by atoms with Crippen molar-refractivity contribution in [3.8, 4) is 0 Å². The van der Waals surface area contributed by atoms with Gasteiger partial charge in [-0.3, -0.25) is 38.1 Å². The van der Waals surface area contributed by atoms with E-state index in [1.54, 1.807) is 48.1 Å². The third-order valence-electron chi connectivity index (χ3n) is 16.6. The molecular weight excluding hydrogens is 1090 g/mol. The van der Waals surface area contributed by atoms with E-state index in [2.05, 4.69) is 30.5 Å². The van der Waals surface area contributed by atoms with Gasteiger partial charge in [-0.2, -0.15) is 4.98 Å². The molecule has 0 spiro atoms. The molecule has 3 atom stereocenters. The molecule has 0 radical (unpaired) electrons. The summed E-state index contributed by atoms with van der Waals surface area (Å²) in [6, 6.07) is 7.13. The van der Waals surface area contributed by atoms with Gasteiger partial charge in [0.25, 0.3) is 5.56 Å². The highest BCUT2D eigenvalue weighted by Crippen LogP contribution is 2.37. The fourth-order valence-electron chi connectivity index (χ4n) is 11.8. The first kappa shape index (κ1) is 60.5. The molecule has 1 aromatic carbocycles. The number of fused-ring (bicyclic) bond motifs is 1. The summed E-state index contributed by atoms with van der Waals surface area (Å²) in [4.78, 5) is 119. The van der Waals surface area contributed by atoms with E-state index >= 15 is 0 Å². The van der Waals surface area contributed by atoms with Crippen LogP contribution in [0.25, 0.3) is 11.0 Å². The highest BCUT2D eigenvalue weighted by atomic mass is 32.1. The van der Waals surface area contributed by atoms with Gasteiger partial charge >= 0.3 is 0 Å². The summed E-state index contributed by atoms with van der Waals surface area (Å²) >= 11 is 1.31. The third-order valence-corrected chi connectivity index (χ3v) is 17.6. The molecule has 5 aromatic rings. The van der Waals surface area contributed by atoms with Crippen LogP contribution >= 0.6 is 11.3 Å². The Labute approximate surface area is 486 Å². The summed E-state index contributed by atoms with van der Waals surface area (Å²) in [6.45, 7) is 9.27. The van der Waals surface area contributed by atoms with E-state index in [0.717, 1.165) is 69.9 Å². The molecule has 0 bridgehead atoms. The lowest BCUT2D eigenvalue weighted by molar-refractivity contribution is -0.143. The number of halogens is 1. The number of benzene rings is 1. The molecule has 9 rings (SSSR count). The number of aromatic nitrogens is 5. The molecule has 2 N–H and O–H groups in total. The van der Waals surface area contributed by atoms with Gasteiger partial charge in [0.1, 0.15) is 40.1 Å². The number of carbonyl (C=O) groups excluding carboxylic acids is 6. The Morgan fingerprint density at radius 2 is 1.46 bits per heavy atom. The molecule has 2 aliphatic heterocycles. The number of thiazole rings is 1. The zero-order valence-corrected chi connectivity index (χ0v) is 48.8. The quantitative estimate of drug-likeness (QED) is 0.0436. The number of likely N-dealkylation sites (tertiary alicyclic amines) is 1. The van der Waals surface area contributed by atoms with Crippen molar-refractivity contribution in [3.63, 3.8) is 0 Å². The number of hydrogen-bond acceptors (Lipinski definition) is 17. The maximum atomic E-state index is 14.5. The average molecular weight is 1160 g/mol. The fourth-order valence-corrected chi connectivity index (χ4v) is 12.7. The van der Waals surface area contributed by atoms with Gasteiger partial charge in [-0.15, -0.1) is 11.3 Å². The van der Waals surface area contributed by atoms with Crippen molar-refractivity contribution in [2.45, 2.75) is 128 Å². The maximum absolute atomic E-state index is 14.5. The van der Waals surface area contributed by atoms with E-state index in [0.29, 0.717) is 91.3 Å². The summed E-state index contributed by atoms with van der Waals surface area (Å²) in [5.74, 6) is -1.11. The number of hydrogen-bond donors (Lipinski definition) is 2. The predicted octanol–water partition coefficient (Wildman–Crippen LogP) is 7.14. The van der Waals surface area contributed by atoms with E-state index in [1.807, 2.05) is 17.0 Å². The molecule has 4 aromatic heterocycles. The standard InChI is InChI=1S/C60H76FN11O10S/c1-38-46-36-63-60(67-55(46)72(44-13-8-9-14-44)58(78)52(38)40(3)73)65-49-21-20-45(35-62-49)69-25-27-70(28-26-69)51(75)23-30-81-32-34-82-33-31-80-29-22-50(74)68(4)39(2)56(77)66-53(41-11-6-5-7-12-41)59(79)71-24-10-15-48(71)57-64-47(37-83-57)54(76)42-16-18-43(61)19-17-42/h16-21,35-37,39,41,44,48,53H,5-15,22-34H2,1-4H3,(H,66,77)(H,62,63,65,67)/t39?,48-,53?/m0/s1. The van der Waals surface area contributed by atoms with Crippen LogP contribution in [0, 0.1) is 18.7 Å². The van der Waals surface area contributed by atoms with Crippen molar-refractivity contribution < 1.29 is 47.4 Å². The molecule has 2 aliphatic carbocycles. The van der Waals surface area contributed by atoms with Gasteiger partial charge in [-0.25, -0.2) is 19.3 Å². The fraction of sp³-hybridized carbons (Fsp3) is 0.550. The number of nitrogens with zero attached hydrogens (tertiary/aromatic N) is 9. The van der Waals surface area contributed by atoms with E-state index in [4.69, 9.17) is 19.2 Å². The number of anilines is 3. The Morgan fingerprint density at radius 3 is 2.13 bits per heavy atom. The first-order valence-electron chi connectivity index (χ1n) is 29.2. The van der Waals surface area contributed by atoms with Crippen LogP contribution in [0.15, 0.2) is 59.0 Å². The Kier molecular flexibility index (Phi) is 20.8. The zero-order chi connectivity index (χ0) is 58.6. The van der Waals surface area contributed by atoms with Crippen LogP contribution in [0.1, 0.15) is 146 Å². The average Bonchev–Trinajstić information content (AvgIpc) is 4.54. The van der Waals surface area contributed by atoms with Crippen LogP contribution in [0.2, 0.25) is 0 Å². The first-order chi connectivity index (χ1) is 40.2. The smallest absolute Gasteiger partial charge is 0.263 e. The molecule has 444 valence electrons. The largest absolute Gasteiger partial charge is 0.379 e. The highest BCUT2D eigenvalue weighted by molar-refractivity contribution is 7.10. The van der Waals surface area contributed by atoms with E-state index in [1.165, 1.54) is 47.4 Å². The second kappa shape index (κ2) is 28.5. The molecule has 23 heteroatoms. The molecule has 4 aliphatic rings. The minimum absolute atomic E-state index is 0.0169. The molecular formula is C60H76FN11O10S. The van der Waals surface area contributed by atoms with Gasteiger partial charge in [-0.05, 0) is 107 Å². The summed E-state index contributed by atoms with van der Waals surface area (Å²) in [6.07, 6.45) is 13.5. The number of piperazine rings is 1. The number of amides is 4. The Balaban J connectivity index is 0.634. The third kappa shape index (κ3) is 14.8. The predicted molar refractivity (Wildman–Crippen MR) is 310 cm³/mol. The van der Waals surface area contributed by atoms with Crippen LogP contribution in [-0.2, 0) is 33.4 Å². The first-order valence-corrected chi connectivity index (χ1v) is 30.1. The number of pyridine rings is 2. The molecule has 4 fully saturated rings. The lowest BCUT2D eigenvalue weighted by Crippen LogP contribution is -2.56. The topological polar surface area (TPSA) is 241 Å². The highest BCUT2D eigenvalue weighted by Gasteiger charge is 2.41. The molecule has 6 heterocycles. The molecule has 2 saturated carbocycles. The van der Waals surface area contributed by atoms with Gasteiger partial charge in [-0.1, -0.05) is 32.1 Å². The minimum atomic E-state index is -0.848. The van der Waals surface area contributed by atoms with Crippen molar-refractivity contribution >= 4 is 75.0 Å². The van der Waals surface area contributed by atoms with Crippen LogP contribution in [0.3, 0.4) is 0 Å². The van der Waals surface area contributed by atoms with Gasteiger partial charge < -0.3 is 44.4 Å². The Hall–Kier alpha value is -7.08.